The van der Waals surface area contributed by atoms with Crippen LogP contribution in [0.1, 0.15) is 26.5 Å². The monoisotopic (exact) mass is 416 g/mol. The molecule has 3 heterocycles. The Morgan fingerprint density at radius 1 is 1.21 bits per heavy atom. The summed E-state index contributed by atoms with van der Waals surface area (Å²) in [5.74, 6) is -1.39. The predicted molar refractivity (Wildman–Crippen MR) is 108 cm³/mol. The molecule has 1 aromatic carbocycles. The second kappa shape index (κ2) is 7.33. The van der Waals surface area contributed by atoms with E-state index in [9.17, 15) is 19.5 Å². The number of amides is 1. The van der Waals surface area contributed by atoms with Gasteiger partial charge in [0.15, 0.2) is 0 Å². The molecule has 1 aliphatic heterocycles. The highest BCUT2D eigenvalue weighted by Crippen LogP contribution is 2.37. The highest BCUT2D eigenvalue weighted by Gasteiger charge is 2.29. The molecule has 3 aromatic rings. The van der Waals surface area contributed by atoms with Gasteiger partial charge in [0.25, 0.3) is 11.5 Å². The lowest BCUT2D eigenvalue weighted by Gasteiger charge is -2.15. The molecule has 9 heteroatoms. The van der Waals surface area contributed by atoms with Gasteiger partial charge in [-0.1, -0.05) is 18.2 Å². The van der Waals surface area contributed by atoms with Gasteiger partial charge in [0, 0.05) is 32.3 Å². The summed E-state index contributed by atoms with van der Waals surface area (Å²) in [4.78, 5) is 37.1. The minimum absolute atomic E-state index is 0.292. The molecule has 144 valence electrons. The Bertz CT molecular complexity index is 1130. The maximum absolute atomic E-state index is 13.0. The lowest BCUT2D eigenvalue weighted by Crippen LogP contribution is -2.37. The molecular formula is C19H16N2O5S2. The quantitative estimate of drug-likeness (QED) is 0.589. The summed E-state index contributed by atoms with van der Waals surface area (Å²) in [6.07, 6.45) is 0. The van der Waals surface area contributed by atoms with Crippen molar-refractivity contribution in [2.24, 2.45) is 0 Å². The number of carboxylic acids is 1. The van der Waals surface area contributed by atoms with E-state index >= 15 is 0 Å². The van der Waals surface area contributed by atoms with Crippen LogP contribution in [0.3, 0.4) is 0 Å². The first kappa shape index (κ1) is 18.6. The van der Waals surface area contributed by atoms with Crippen molar-refractivity contribution in [3.05, 3.63) is 62.4 Å². The number of thioether (sulfide) groups is 1. The summed E-state index contributed by atoms with van der Waals surface area (Å²) in [6, 6.07) is 9.92. The van der Waals surface area contributed by atoms with E-state index in [1.807, 2.05) is 30.3 Å². The molecule has 28 heavy (non-hydrogen) atoms. The lowest BCUT2D eigenvalue weighted by atomic mass is 10.1. The largest absolute Gasteiger partial charge is 0.507 e. The summed E-state index contributed by atoms with van der Waals surface area (Å²) in [5.41, 5.74) is 0.258. The van der Waals surface area contributed by atoms with Gasteiger partial charge in [0.2, 0.25) is 0 Å². The maximum atomic E-state index is 13.0. The summed E-state index contributed by atoms with van der Waals surface area (Å²) in [6.45, 7) is -0.333. The zero-order valence-corrected chi connectivity index (χ0v) is 16.2. The molecule has 0 atom stereocenters. The number of hydrogen-bond acceptors (Lipinski definition) is 6. The van der Waals surface area contributed by atoms with Crippen LogP contribution in [0.5, 0.6) is 5.75 Å². The number of carbonyl (C=O) groups is 2. The van der Waals surface area contributed by atoms with Gasteiger partial charge < -0.3 is 20.1 Å². The van der Waals surface area contributed by atoms with Gasteiger partial charge >= 0.3 is 5.97 Å². The second-order valence-electron chi connectivity index (χ2n) is 6.36. The number of hydrogen-bond donors (Lipinski definition) is 3. The highest BCUT2D eigenvalue weighted by atomic mass is 32.2. The van der Waals surface area contributed by atoms with Crippen molar-refractivity contribution in [3.63, 3.8) is 0 Å². The van der Waals surface area contributed by atoms with E-state index in [-0.39, 0.29) is 5.75 Å². The fourth-order valence-electron chi connectivity index (χ4n) is 3.26. The van der Waals surface area contributed by atoms with Crippen LogP contribution in [0.15, 0.2) is 35.1 Å². The number of pyridine rings is 1. The lowest BCUT2D eigenvalue weighted by molar-refractivity contribution is -0.135. The summed E-state index contributed by atoms with van der Waals surface area (Å²) in [7, 11) is 0. The number of aromatic hydroxyl groups is 1. The Morgan fingerprint density at radius 3 is 2.75 bits per heavy atom. The van der Waals surface area contributed by atoms with Crippen LogP contribution in [-0.4, -0.2) is 33.2 Å². The Labute approximate surface area is 167 Å². The summed E-state index contributed by atoms with van der Waals surface area (Å²) < 4.78 is 2.63. The predicted octanol–water partition coefficient (Wildman–Crippen LogP) is 2.38. The smallest absolute Gasteiger partial charge is 0.322 e. The first-order valence-corrected chi connectivity index (χ1v) is 10.5. The molecular weight excluding hydrogens is 400 g/mol. The van der Waals surface area contributed by atoms with Crippen LogP contribution in [0, 0.1) is 0 Å². The Kier molecular flexibility index (Phi) is 4.86. The van der Waals surface area contributed by atoms with E-state index < -0.39 is 29.5 Å². The summed E-state index contributed by atoms with van der Waals surface area (Å²) in [5, 5.41) is 22.5. The number of carboxylic acid groups (broad SMARTS) is 1. The van der Waals surface area contributed by atoms with Crippen LogP contribution in [-0.2, 0) is 22.8 Å². The van der Waals surface area contributed by atoms with Crippen molar-refractivity contribution in [1.29, 1.82) is 0 Å². The van der Waals surface area contributed by atoms with E-state index in [1.165, 1.54) is 4.57 Å². The third kappa shape index (κ3) is 3.27. The van der Waals surface area contributed by atoms with Crippen molar-refractivity contribution in [1.82, 2.24) is 9.88 Å². The Hall–Kier alpha value is -2.78. The number of fused-ring (bicyclic) bond motifs is 2. The van der Waals surface area contributed by atoms with Gasteiger partial charge in [-0.05, 0) is 17.5 Å². The SMILES string of the molecule is O=C(O)CNC(=O)c1c(O)c2c(n(Cc3cc4ccccc4s3)c1=O)CSC2. The molecule has 0 spiro atoms. The molecule has 0 fully saturated rings. The first-order chi connectivity index (χ1) is 13.5. The molecule has 0 aliphatic carbocycles. The van der Waals surface area contributed by atoms with Gasteiger partial charge in [0.1, 0.15) is 17.9 Å². The van der Waals surface area contributed by atoms with E-state index in [0.717, 1.165) is 15.0 Å². The van der Waals surface area contributed by atoms with Crippen molar-refractivity contribution >= 4 is 45.1 Å². The molecule has 4 rings (SSSR count). The molecule has 0 bridgehead atoms. The van der Waals surface area contributed by atoms with E-state index in [2.05, 4.69) is 5.32 Å². The van der Waals surface area contributed by atoms with Gasteiger partial charge in [-0.25, -0.2) is 0 Å². The van der Waals surface area contributed by atoms with Crippen LogP contribution in [0.25, 0.3) is 10.1 Å². The van der Waals surface area contributed by atoms with Gasteiger partial charge in [-0.15, -0.1) is 11.3 Å². The van der Waals surface area contributed by atoms with Crippen molar-refractivity contribution in [3.8, 4) is 5.75 Å². The molecule has 0 saturated carbocycles. The Balaban J connectivity index is 1.79. The van der Waals surface area contributed by atoms with Gasteiger partial charge in [-0.3, -0.25) is 14.4 Å². The molecule has 3 N–H and O–H groups in total. The normalized spacial score (nSPS) is 12.9. The van der Waals surface area contributed by atoms with E-state index in [0.29, 0.717) is 29.3 Å². The van der Waals surface area contributed by atoms with E-state index in [1.54, 1.807) is 23.1 Å². The molecule has 1 aliphatic rings. The number of carbonyl (C=O) groups excluding carboxylic acids is 1. The van der Waals surface area contributed by atoms with Crippen molar-refractivity contribution < 1.29 is 19.8 Å². The van der Waals surface area contributed by atoms with Crippen LogP contribution >= 0.6 is 23.1 Å². The number of aliphatic carboxylic acids is 1. The first-order valence-electron chi connectivity index (χ1n) is 8.48. The second-order valence-corrected chi connectivity index (χ2v) is 8.51. The molecule has 0 saturated heterocycles. The van der Waals surface area contributed by atoms with Crippen LogP contribution in [0.2, 0.25) is 0 Å². The maximum Gasteiger partial charge on any atom is 0.322 e. The average molecular weight is 416 g/mol. The molecule has 0 radical (unpaired) electrons. The topological polar surface area (TPSA) is 109 Å². The van der Waals surface area contributed by atoms with Gasteiger partial charge in [0.05, 0.1) is 6.54 Å². The zero-order chi connectivity index (χ0) is 19.8. The molecule has 2 aromatic heterocycles. The molecule has 7 nitrogen and oxygen atoms in total. The Morgan fingerprint density at radius 2 is 2.00 bits per heavy atom. The van der Waals surface area contributed by atoms with Crippen LogP contribution < -0.4 is 10.9 Å². The number of thiophene rings is 1. The minimum atomic E-state index is -1.23. The number of nitrogens with one attached hydrogen (secondary N) is 1. The molecule has 1 amide bonds. The summed E-state index contributed by atoms with van der Waals surface area (Å²) >= 11 is 3.12. The third-order valence-corrected chi connectivity index (χ3v) is 6.63. The van der Waals surface area contributed by atoms with Gasteiger partial charge in [-0.2, -0.15) is 11.8 Å². The van der Waals surface area contributed by atoms with Crippen molar-refractivity contribution in [2.45, 2.75) is 18.1 Å². The number of aromatic nitrogens is 1. The number of rotatable bonds is 5. The standard InChI is InChI=1S/C19H16N2O5S2/c22-15(23)6-20-18(25)16-17(24)12-8-27-9-13(12)21(19(16)26)7-11-5-10-3-1-2-4-14(10)28-11/h1-5,24H,6-9H2,(H,20,25)(H,22,23). The average Bonchev–Trinajstić information content (AvgIpc) is 3.30. The number of benzene rings is 1. The number of nitrogens with zero attached hydrogens (tertiary/aromatic N) is 1. The van der Waals surface area contributed by atoms with E-state index in [4.69, 9.17) is 5.11 Å². The fourth-order valence-corrected chi connectivity index (χ4v) is 5.45. The minimum Gasteiger partial charge on any atom is -0.507 e. The third-order valence-electron chi connectivity index (χ3n) is 4.56. The zero-order valence-electron chi connectivity index (χ0n) is 14.6. The fraction of sp³-hybridized carbons (Fsp3) is 0.211. The van der Waals surface area contributed by atoms with Crippen molar-refractivity contribution in [2.75, 3.05) is 6.54 Å². The van der Waals surface area contributed by atoms with Crippen LogP contribution in [0.4, 0.5) is 0 Å². The highest BCUT2D eigenvalue weighted by molar-refractivity contribution is 7.98. The molecule has 0 unspecified atom stereocenters.